The zero-order chi connectivity index (χ0) is 25.6. The molecule has 0 aromatic heterocycles. The van der Waals surface area contributed by atoms with Gasteiger partial charge in [0.05, 0.1) is 20.6 Å². The molecular weight excluding hydrogens is 521 g/mol. The van der Waals surface area contributed by atoms with E-state index >= 15 is 0 Å². The van der Waals surface area contributed by atoms with Gasteiger partial charge in [-0.2, -0.15) is 0 Å². The molecule has 0 spiro atoms. The molecule has 3 aromatic rings. The molecule has 8 heteroatoms. The highest BCUT2D eigenvalue weighted by Crippen LogP contribution is 2.49. The molecule has 1 N–H and O–H groups in total. The van der Waals surface area contributed by atoms with Crippen molar-refractivity contribution in [3.63, 3.8) is 0 Å². The number of aromatic carboxylic acids is 1. The van der Waals surface area contributed by atoms with Crippen LogP contribution in [-0.4, -0.2) is 22.8 Å². The molecular formula is C28H20Cl3NO4. The van der Waals surface area contributed by atoms with E-state index in [1.54, 1.807) is 24.3 Å². The first-order valence-electron chi connectivity index (χ1n) is 11.4. The highest BCUT2D eigenvalue weighted by Gasteiger charge is 2.43. The fourth-order valence-corrected chi connectivity index (χ4v) is 5.81. The van der Waals surface area contributed by atoms with Gasteiger partial charge in [-0.1, -0.05) is 77.3 Å². The summed E-state index contributed by atoms with van der Waals surface area (Å²) in [5, 5.41) is 10.3. The normalized spacial score (nSPS) is 19.9. The van der Waals surface area contributed by atoms with Crippen molar-refractivity contribution in [3.8, 4) is 0 Å². The van der Waals surface area contributed by atoms with Gasteiger partial charge in [0, 0.05) is 35.7 Å². The van der Waals surface area contributed by atoms with Crippen molar-refractivity contribution in [1.29, 1.82) is 0 Å². The molecule has 2 atom stereocenters. The van der Waals surface area contributed by atoms with Crippen LogP contribution in [-0.2, 0) is 9.59 Å². The van der Waals surface area contributed by atoms with Crippen LogP contribution in [0.2, 0.25) is 15.1 Å². The smallest absolute Gasteiger partial charge is 0.337 e. The minimum absolute atomic E-state index is 0.00826. The first kappa shape index (κ1) is 24.6. The fourth-order valence-electron chi connectivity index (χ4n) is 5.17. The summed E-state index contributed by atoms with van der Waals surface area (Å²) in [7, 11) is 0. The van der Waals surface area contributed by atoms with Crippen LogP contribution in [0.3, 0.4) is 0 Å². The quantitative estimate of drug-likeness (QED) is 0.378. The lowest BCUT2D eigenvalue weighted by molar-refractivity contribution is -0.120. The average Bonchev–Trinajstić information content (AvgIpc) is 2.86. The summed E-state index contributed by atoms with van der Waals surface area (Å²) in [6.45, 7) is 0. The van der Waals surface area contributed by atoms with Crippen molar-refractivity contribution in [3.05, 3.63) is 110 Å². The van der Waals surface area contributed by atoms with Gasteiger partial charge < -0.3 is 5.11 Å². The average molecular weight is 541 g/mol. The van der Waals surface area contributed by atoms with Gasteiger partial charge in [-0.15, -0.1) is 0 Å². The minimum atomic E-state index is -1.20. The number of anilines is 1. The molecule has 0 saturated heterocycles. The van der Waals surface area contributed by atoms with E-state index in [9.17, 15) is 19.5 Å². The van der Waals surface area contributed by atoms with Crippen LogP contribution >= 0.6 is 34.8 Å². The SMILES string of the molecule is O=C1CC(c2ccccc2)CC2=C1C(c1cccc(Cl)c1Cl)CC(=O)N2c1ccc(Cl)c(C(=O)O)c1. The van der Waals surface area contributed by atoms with E-state index in [2.05, 4.69) is 0 Å². The van der Waals surface area contributed by atoms with Crippen LogP contribution < -0.4 is 4.90 Å². The Morgan fingerprint density at radius 3 is 2.33 bits per heavy atom. The monoisotopic (exact) mass is 539 g/mol. The Morgan fingerprint density at radius 1 is 0.861 bits per heavy atom. The molecule has 2 aliphatic rings. The van der Waals surface area contributed by atoms with E-state index < -0.39 is 11.9 Å². The molecule has 0 fully saturated rings. The molecule has 0 radical (unpaired) electrons. The summed E-state index contributed by atoms with van der Waals surface area (Å²) in [6.07, 6.45) is 0.711. The minimum Gasteiger partial charge on any atom is -0.478 e. The van der Waals surface area contributed by atoms with Crippen LogP contribution in [0.15, 0.2) is 78.0 Å². The summed E-state index contributed by atoms with van der Waals surface area (Å²) < 4.78 is 0. The fraction of sp³-hybridized carbons (Fsp3) is 0.179. The summed E-state index contributed by atoms with van der Waals surface area (Å²) in [6, 6.07) is 19.3. The van der Waals surface area contributed by atoms with Gasteiger partial charge in [-0.25, -0.2) is 4.79 Å². The number of halogens is 3. The summed E-state index contributed by atoms with van der Waals surface area (Å²) >= 11 is 18.9. The molecule has 1 amide bonds. The lowest BCUT2D eigenvalue weighted by Gasteiger charge is -2.40. The van der Waals surface area contributed by atoms with Crippen LogP contribution in [0.1, 0.15) is 52.6 Å². The summed E-state index contributed by atoms with van der Waals surface area (Å²) in [5.74, 6) is -2.23. The van der Waals surface area contributed by atoms with E-state index in [4.69, 9.17) is 34.8 Å². The van der Waals surface area contributed by atoms with Crippen molar-refractivity contribution >= 4 is 58.1 Å². The van der Waals surface area contributed by atoms with Crippen molar-refractivity contribution in [2.45, 2.75) is 31.1 Å². The number of ketones is 1. The Labute approximate surface area is 222 Å². The highest BCUT2D eigenvalue weighted by atomic mass is 35.5. The van der Waals surface area contributed by atoms with E-state index in [-0.39, 0.29) is 34.6 Å². The highest BCUT2D eigenvalue weighted by molar-refractivity contribution is 6.42. The third kappa shape index (κ3) is 4.32. The molecule has 1 aliphatic heterocycles. The Bertz CT molecular complexity index is 1430. The maximum absolute atomic E-state index is 13.7. The lowest BCUT2D eigenvalue weighted by atomic mass is 9.72. The second-order valence-corrected chi connectivity index (χ2v) is 10.1. The predicted molar refractivity (Wildman–Crippen MR) is 140 cm³/mol. The number of nitrogens with zero attached hydrogens (tertiary/aromatic N) is 1. The zero-order valence-electron chi connectivity index (χ0n) is 18.9. The maximum atomic E-state index is 13.7. The number of amides is 1. The Hall–Kier alpha value is -3.12. The number of carbonyl (C=O) groups is 3. The van der Waals surface area contributed by atoms with Gasteiger partial charge in [-0.05, 0) is 47.7 Å². The zero-order valence-corrected chi connectivity index (χ0v) is 21.1. The van der Waals surface area contributed by atoms with Crippen LogP contribution in [0.25, 0.3) is 0 Å². The van der Waals surface area contributed by atoms with Gasteiger partial charge >= 0.3 is 5.97 Å². The number of carboxylic acids is 1. The topological polar surface area (TPSA) is 74.7 Å². The molecule has 3 aromatic carbocycles. The van der Waals surface area contributed by atoms with E-state index in [1.165, 1.54) is 17.0 Å². The number of hydrogen-bond acceptors (Lipinski definition) is 3. The van der Waals surface area contributed by atoms with Crippen molar-refractivity contribution in [2.75, 3.05) is 4.90 Å². The van der Waals surface area contributed by atoms with Gasteiger partial charge in [0.2, 0.25) is 5.91 Å². The standard InChI is InChI=1S/C28H20Cl3NO4/c29-21-10-9-17(13-20(21)28(35)36)32-23-11-16(15-5-2-1-3-6-15)12-24(33)26(23)19(14-25(32)34)18-7-4-8-22(30)27(18)31/h1-10,13,16,19H,11-12,14H2,(H,35,36). The molecule has 2 unspecified atom stereocenters. The van der Waals surface area contributed by atoms with Gasteiger partial charge in [0.25, 0.3) is 0 Å². The molecule has 0 bridgehead atoms. The third-order valence-electron chi connectivity index (χ3n) is 6.80. The van der Waals surface area contributed by atoms with Crippen molar-refractivity contribution < 1.29 is 19.5 Å². The van der Waals surface area contributed by atoms with Gasteiger partial charge in [0.15, 0.2) is 5.78 Å². The summed E-state index contributed by atoms with van der Waals surface area (Å²) in [5.41, 5.74) is 2.92. The van der Waals surface area contributed by atoms with E-state index in [0.29, 0.717) is 45.4 Å². The maximum Gasteiger partial charge on any atom is 0.337 e. The largest absolute Gasteiger partial charge is 0.478 e. The summed E-state index contributed by atoms with van der Waals surface area (Å²) in [4.78, 5) is 40.6. The number of Topliss-reactive ketones (excluding diaryl/α,β-unsaturated/α-hetero) is 1. The van der Waals surface area contributed by atoms with Crippen LogP contribution in [0, 0.1) is 0 Å². The predicted octanol–water partition coefficient (Wildman–Crippen LogP) is 7.27. The van der Waals surface area contributed by atoms with Gasteiger partial charge in [0.1, 0.15) is 0 Å². The Balaban J connectivity index is 1.70. The third-order valence-corrected chi connectivity index (χ3v) is 7.96. The first-order chi connectivity index (χ1) is 17.3. The number of allylic oxidation sites excluding steroid dienone is 2. The first-order valence-corrected chi connectivity index (χ1v) is 12.5. The Kier molecular flexibility index (Phi) is 6.64. The number of carboxylic acid groups (broad SMARTS) is 1. The number of carbonyl (C=O) groups excluding carboxylic acids is 2. The molecule has 182 valence electrons. The molecule has 1 aliphatic carbocycles. The van der Waals surface area contributed by atoms with Crippen molar-refractivity contribution in [1.82, 2.24) is 0 Å². The molecule has 5 rings (SSSR count). The Morgan fingerprint density at radius 2 is 1.61 bits per heavy atom. The lowest BCUT2D eigenvalue weighted by Crippen LogP contribution is -2.42. The van der Waals surface area contributed by atoms with Crippen molar-refractivity contribution in [2.24, 2.45) is 0 Å². The second-order valence-electron chi connectivity index (χ2n) is 8.90. The van der Waals surface area contributed by atoms with Crippen LogP contribution in [0.4, 0.5) is 5.69 Å². The molecule has 1 heterocycles. The number of rotatable bonds is 4. The van der Waals surface area contributed by atoms with E-state index in [1.807, 2.05) is 30.3 Å². The molecule has 0 saturated carbocycles. The van der Waals surface area contributed by atoms with E-state index in [0.717, 1.165) is 5.56 Å². The second kappa shape index (κ2) is 9.74. The number of hydrogen-bond donors (Lipinski definition) is 1. The number of benzene rings is 3. The molecule has 5 nitrogen and oxygen atoms in total. The van der Waals surface area contributed by atoms with Gasteiger partial charge in [-0.3, -0.25) is 14.5 Å². The van der Waals surface area contributed by atoms with Crippen LogP contribution in [0.5, 0.6) is 0 Å². The molecule has 36 heavy (non-hydrogen) atoms.